The fourth-order valence-electron chi connectivity index (χ4n) is 3.51. The normalized spacial score (nSPS) is 11.2. The number of nitrogens with zero attached hydrogens (tertiary/aromatic N) is 2. The average molecular weight is 343 g/mol. The molecule has 130 valence electrons. The summed E-state index contributed by atoms with van der Waals surface area (Å²) in [5, 5.41) is 16.6. The quantitative estimate of drug-likeness (QED) is 0.474. The van der Waals surface area contributed by atoms with Crippen molar-refractivity contribution in [2.75, 3.05) is 5.32 Å². The van der Waals surface area contributed by atoms with E-state index in [9.17, 15) is 5.11 Å². The highest BCUT2D eigenvalue weighted by molar-refractivity contribution is 6.03. The summed E-state index contributed by atoms with van der Waals surface area (Å²) in [4.78, 5) is 8.86. The molecule has 0 aliphatic carbocycles. The second-order valence-corrected chi connectivity index (χ2v) is 6.94. The van der Waals surface area contributed by atoms with Gasteiger partial charge in [-0.25, -0.2) is 9.97 Å². The van der Waals surface area contributed by atoms with Crippen LogP contribution in [0.2, 0.25) is 0 Å². The topological polar surface area (TPSA) is 58.0 Å². The van der Waals surface area contributed by atoms with Crippen LogP contribution in [0, 0.1) is 27.7 Å². The van der Waals surface area contributed by atoms with Crippen LogP contribution in [0.25, 0.3) is 21.7 Å². The first kappa shape index (κ1) is 16.3. The average Bonchev–Trinajstić information content (AvgIpc) is 2.58. The Balaban J connectivity index is 1.93. The Hall–Kier alpha value is -3.14. The van der Waals surface area contributed by atoms with E-state index in [-0.39, 0.29) is 0 Å². The SMILES string of the molecule is Cc1cc(C)c2c(O)ccc(Nc3ncnc4cc(C)c(C)cc34)c2c1. The number of fused-ring (bicyclic) bond motifs is 2. The molecule has 0 aliphatic rings. The number of aryl methyl sites for hydroxylation is 4. The van der Waals surface area contributed by atoms with Gasteiger partial charge in [0, 0.05) is 21.8 Å². The van der Waals surface area contributed by atoms with Crippen LogP contribution in [-0.2, 0) is 0 Å². The molecule has 0 aliphatic heterocycles. The standard InChI is InChI=1S/C22H21N3O/c1-12-7-15(4)21-16(8-12)18(5-6-20(21)26)25-22-17-9-13(2)14(3)10-19(17)23-11-24-22/h5-11,26H,1-4H3,(H,23,24,25). The molecule has 1 aromatic heterocycles. The van der Waals surface area contributed by atoms with Crippen molar-refractivity contribution >= 4 is 33.2 Å². The van der Waals surface area contributed by atoms with E-state index in [0.717, 1.165) is 44.3 Å². The Kier molecular flexibility index (Phi) is 3.76. The Morgan fingerprint density at radius 3 is 2.38 bits per heavy atom. The zero-order valence-electron chi connectivity index (χ0n) is 15.4. The molecule has 0 amide bonds. The monoisotopic (exact) mass is 343 g/mol. The van der Waals surface area contributed by atoms with E-state index in [4.69, 9.17) is 0 Å². The molecule has 0 saturated carbocycles. The molecule has 0 atom stereocenters. The minimum atomic E-state index is 0.294. The third kappa shape index (κ3) is 2.64. The lowest BCUT2D eigenvalue weighted by Crippen LogP contribution is -1.98. The lowest BCUT2D eigenvalue weighted by Gasteiger charge is -2.14. The Morgan fingerprint density at radius 1 is 0.808 bits per heavy atom. The first-order chi connectivity index (χ1) is 12.4. The van der Waals surface area contributed by atoms with Crippen molar-refractivity contribution in [2.24, 2.45) is 0 Å². The predicted molar refractivity (Wildman–Crippen MR) is 107 cm³/mol. The van der Waals surface area contributed by atoms with Gasteiger partial charge >= 0.3 is 0 Å². The minimum Gasteiger partial charge on any atom is -0.507 e. The fraction of sp³-hybridized carbons (Fsp3) is 0.182. The van der Waals surface area contributed by atoms with Gasteiger partial charge in [0.2, 0.25) is 0 Å². The fourth-order valence-corrected chi connectivity index (χ4v) is 3.51. The second-order valence-electron chi connectivity index (χ2n) is 6.94. The number of phenols is 1. The highest BCUT2D eigenvalue weighted by Crippen LogP contribution is 2.36. The zero-order valence-corrected chi connectivity index (χ0v) is 15.4. The van der Waals surface area contributed by atoms with Crippen LogP contribution in [0.4, 0.5) is 11.5 Å². The number of hydrogen-bond donors (Lipinski definition) is 2. The maximum Gasteiger partial charge on any atom is 0.141 e. The number of anilines is 2. The van der Waals surface area contributed by atoms with E-state index >= 15 is 0 Å². The Bertz CT molecular complexity index is 1170. The summed E-state index contributed by atoms with van der Waals surface area (Å²) in [5.41, 5.74) is 6.47. The van der Waals surface area contributed by atoms with E-state index in [1.54, 1.807) is 12.4 Å². The summed E-state index contributed by atoms with van der Waals surface area (Å²) in [5.74, 6) is 1.06. The van der Waals surface area contributed by atoms with E-state index in [2.05, 4.69) is 60.3 Å². The molecule has 0 fully saturated rings. The van der Waals surface area contributed by atoms with E-state index in [1.807, 2.05) is 13.0 Å². The molecule has 26 heavy (non-hydrogen) atoms. The number of benzene rings is 3. The van der Waals surface area contributed by atoms with Gasteiger partial charge in [-0.1, -0.05) is 11.6 Å². The highest BCUT2D eigenvalue weighted by Gasteiger charge is 2.12. The molecule has 0 unspecified atom stereocenters. The number of aromatic hydroxyl groups is 1. The van der Waals surface area contributed by atoms with Crippen molar-refractivity contribution < 1.29 is 5.11 Å². The maximum absolute atomic E-state index is 10.3. The van der Waals surface area contributed by atoms with Gasteiger partial charge < -0.3 is 10.4 Å². The molecule has 0 bridgehead atoms. The number of rotatable bonds is 2. The number of phenolic OH excluding ortho intramolecular Hbond substituents is 1. The van der Waals surface area contributed by atoms with Gasteiger partial charge in [-0.3, -0.25) is 0 Å². The summed E-state index contributed by atoms with van der Waals surface area (Å²) in [6.45, 7) is 8.26. The van der Waals surface area contributed by atoms with E-state index < -0.39 is 0 Å². The van der Waals surface area contributed by atoms with Crippen LogP contribution in [0.1, 0.15) is 22.3 Å². The summed E-state index contributed by atoms with van der Waals surface area (Å²) in [6, 6.07) is 12.0. The van der Waals surface area contributed by atoms with Gasteiger partial charge in [0.15, 0.2) is 0 Å². The summed E-state index contributed by atoms with van der Waals surface area (Å²) < 4.78 is 0. The van der Waals surface area contributed by atoms with Crippen molar-refractivity contribution in [1.29, 1.82) is 0 Å². The first-order valence-corrected chi connectivity index (χ1v) is 8.66. The molecule has 4 heteroatoms. The van der Waals surface area contributed by atoms with Crippen LogP contribution < -0.4 is 5.32 Å². The van der Waals surface area contributed by atoms with E-state index in [0.29, 0.717) is 5.75 Å². The van der Waals surface area contributed by atoms with Crippen LogP contribution in [-0.4, -0.2) is 15.1 Å². The van der Waals surface area contributed by atoms with Crippen molar-refractivity contribution in [2.45, 2.75) is 27.7 Å². The third-order valence-corrected chi connectivity index (χ3v) is 4.94. The van der Waals surface area contributed by atoms with Crippen LogP contribution in [0.5, 0.6) is 5.75 Å². The Morgan fingerprint density at radius 2 is 1.58 bits per heavy atom. The van der Waals surface area contributed by atoms with Gasteiger partial charge in [0.1, 0.15) is 17.9 Å². The minimum absolute atomic E-state index is 0.294. The molecule has 0 saturated heterocycles. The van der Waals surface area contributed by atoms with Crippen molar-refractivity contribution in [3.8, 4) is 5.75 Å². The highest BCUT2D eigenvalue weighted by atomic mass is 16.3. The molecule has 3 aromatic carbocycles. The predicted octanol–water partition coefficient (Wildman–Crippen LogP) is 5.47. The molecule has 1 heterocycles. The lowest BCUT2D eigenvalue weighted by molar-refractivity contribution is 0.481. The van der Waals surface area contributed by atoms with Crippen molar-refractivity contribution in [3.05, 3.63) is 65.0 Å². The van der Waals surface area contributed by atoms with E-state index in [1.165, 1.54) is 11.1 Å². The maximum atomic E-state index is 10.3. The summed E-state index contributed by atoms with van der Waals surface area (Å²) >= 11 is 0. The smallest absolute Gasteiger partial charge is 0.141 e. The van der Waals surface area contributed by atoms with Gasteiger partial charge in [0.25, 0.3) is 0 Å². The first-order valence-electron chi connectivity index (χ1n) is 8.66. The molecule has 2 N–H and O–H groups in total. The van der Waals surface area contributed by atoms with Crippen LogP contribution in [0.15, 0.2) is 42.7 Å². The third-order valence-electron chi connectivity index (χ3n) is 4.94. The zero-order chi connectivity index (χ0) is 18.4. The van der Waals surface area contributed by atoms with Gasteiger partial charge in [-0.15, -0.1) is 0 Å². The van der Waals surface area contributed by atoms with Crippen molar-refractivity contribution in [1.82, 2.24) is 9.97 Å². The van der Waals surface area contributed by atoms with Gasteiger partial charge in [0.05, 0.1) is 5.52 Å². The molecular weight excluding hydrogens is 322 g/mol. The van der Waals surface area contributed by atoms with Gasteiger partial charge in [-0.05, 0) is 74.7 Å². The summed E-state index contributed by atoms with van der Waals surface area (Å²) in [6.07, 6.45) is 1.58. The molecule has 4 aromatic rings. The van der Waals surface area contributed by atoms with Crippen molar-refractivity contribution in [3.63, 3.8) is 0 Å². The number of aromatic nitrogens is 2. The Labute approximate surface area is 152 Å². The largest absolute Gasteiger partial charge is 0.507 e. The molecule has 0 spiro atoms. The second kappa shape index (κ2) is 5.99. The lowest BCUT2D eigenvalue weighted by atomic mass is 10.00. The molecule has 4 nitrogen and oxygen atoms in total. The van der Waals surface area contributed by atoms with Crippen LogP contribution in [0.3, 0.4) is 0 Å². The van der Waals surface area contributed by atoms with Crippen LogP contribution >= 0.6 is 0 Å². The molecular formula is C22H21N3O. The summed E-state index contributed by atoms with van der Waals surface area (Å²) in [7, 11) is 0. The number of hydrogen-bond acceptors (Lipinski definition) is 4. The molecule has 4 rings (SSSR count). The van der Waals surface area contributed by atoms with Gasteiger partial charge in [-0.2, -0.15) is 0 Å². The molecule has 0 radical (unpaired) electrons. The number of nitrogens with one attached hydrogen (secondary N) is 1.